The van der Waals surface area contributed by atoms with Crippen molar-refractivity contribution in [2.45, 2.75) is 82.8 Å². The highest BCUT2D eigenvalue weighted by Gasteiger charge is 2.26. The summed E-state index contributed by atoms with van der Waals surface area (Å²) in [5.41, 5.74) is 1.02. The lowest BCUT2D eigenvalue weighted by Gasteiger charge is -2.29. The number of aryl methyl sites for hydroxylation is 1. The maximum atomic E-state index is 12.9. The van der Waals surface area contributed by atoms with Crippen LogP contribution in [0.1, 0.15) is 79.2 Å². The lowest BCUT2D eigenvalue weighted by Crippen LogP contribution is -2.45. The zero-order chi connectivity index (χ0) is 21.1. The third-order valence-corrected chi connectivity index (χ3v) is 7.60. The van der Waals surface area contributed by atoms with Crippen molar-refractivity contribution in [3.63, 3.8) is 0 Å². The van der Waals surface area contributed by atoms with E-state index in [0.717, 1.165) is 46.5 Å². The first-order valence-electron chi connectivity index (χ1n) is 11.3. The minimum Gasteiger partial charge on any atom is -0.352 e. The SMILES string of the molecule is CNCC(=O)N[C@H]1CC[C@H](NC(=O)c2cc3c(C)nn(C4CCCCC4)c3s2)CC1. The predicted molar refractivity (Wildman–Crippen MR) is 120 cm³/mol. The molecule has 4 rings (SSSR count). The van der Waals surface area contributed by atoms with Crippen molar-refractivity contribution in [2.24, 2.45) is 0 Å². The molecule has 7 nitrogen and oxygen atoms in total. The van der Waals surface area contributed by atoms with Crippen LogP contribution in [0, 0.1) is 6.92 Å². The van der Waals surface area contributed by atoms with Gasteiger partial charge in [-0.2, -0.15) is 5.10 Å². The Hall–Kier alpha value is -1.93. The number of nitrogens with one attached hydrogen (secondary N) is 3. The van der Waals surface area contributed by atoms with E-state index in [4.69, 9.17) is 5.10 Å². The number of carbonyl (C=O) groups is 2. The van der Waals surface area contributed by atoms with E-state index in [1.54, 1.807) is 18.4 Å². The molecule has 2 aromatic rings. The quantitative estimate of drug-likeness (QED) is 0.655. The molecular formula is C22H33N5O2S. The highest BCUT2D eigenvalue weighted by molar-refractivity contribution is 7.20. The summed E-state index contributed by atoms with van der Waals surface area (Å²) in [5, 5.41) is 15.1. The third kappa shape index (κ3) is 4.70. The molecule has 0 aliphatic heterocycles. The van der Waals surface area contributed by atoms with Gasteiger partial charge >= 0.3 is 0 Å². The van der Waals surface area contributed by atoms with Crippen LogP contribution >= 0.6 is 11.3 Å². The van der Waals surface area contributed by atoms with Crippen LogP contribution in [-0.2, 0) is 4.79 Å². The van der Waals surface area contributed by atoms with Gasteiger partial charge in [0.25, 0.3) is 5.91 Å². The van der Waals surface area contributed by atoms with Crippen molar-refractivity contribution >= 4 is 33.4 Å². The van der Waals surface area contributed by atoms with Gasteiger partial charge in [-0.1, -0.05) is 19.3 Å². The monoisotopic (exact) mass is 431 g/mol. The first-order valence-corrected chi connectivity index (χ1v) is 12.1. The van der Waals surface area contributed by atoms with Gasteiger partial charge in [0.2, 0.25) is 5.91 Å². The molecule has 2 aromatic heterocycles. The summed E-state index contributed by atoms with van der Waals surface area (Å²) in [4.78, 5) is 26.6. The van der Waals surface area contributed by atoms with E-state index < -0.39 is 0 Å². The molecule has 0 atom stereocenters. The highest BCUT2D eigenvalue weighted by atomic mass is 32.1. The molecule has 2 aliphatic carbocycles. The molecule has 0 radical (unpaired) electrons. The molecule has 30 heavy (non-hydrogen) atoms. The van der Waals surface area contributed by atoms with E-state index in [1.165, 1.54) is 32.1 Å². The fourth-order valence-electron chi connectivity index (χ4n) is 4.83. The van der Waals surface area contributed by atoms with Gasteiger partial charge in [0.1, 0.15) is 4.83 Å². The molecule has 2 saturated carbocycles. The molecule has 0 unspecified atom stereocenters. The minimum atomic E-state index is 0.0217. The van der Waals surface area contributed by atoms with Crippen LogP contribution < -0.4 is 16.0 Å². The number of nitrogens with zero attached hydrogens (tertiary/aromatic N) is 2. The first-order chi connectivity index (χ1) is 14.5. The average molecular weight is 432 g/mol. The van der Waals surface area contributed by atoms with E-state index >= 15 is 0 Å². The number of hydrogen-bond donors (Lipinski definition) is 3. The van der Waals surface area contributed by atoms with Gasteiger partial charge < -0.3 is 16.0 Å². The second-order valence-electron chi connectivity index (χ2n) is 8.77. The summed E-state index contributed by atoms with van der Waals surface area (Å²) in [6.45, 7) is 2.39. The first kappa shape index (κ1) is 21.3. The number of carbonyl (C=O) groups excluding carboxylic acids is 2. The summed E-state index contributed by atoms with van der Waals surface area (Å²) in [6.07, 6.45) is 9.83. The zero-order valence-corrected chi connectivity index (χ0v) is 18.8. The average Bonchev–Trinajstić information content (AvgIpc) is 3.31. The topological polar surface area (TPSA) is 88.1 Å². The molecule has 8 heteroatoms. The number of likely N-dealkylation sites (N-methyl/N-ethyl adjacent to an activating group) is 1. The number of thiophene rings is 1. The summed E-state index contributed by atoms with van der Waals surface area (Å²) < 4.78 is 2.18. The Bertz CT molecular complexity index is 891. The Balaban J connectivity index is 1.37. The van der Waals surface area contributed by atoms with Crippen LogP contribution in [0.5, 0.6) is 0 Å². The van der Waals surface area contributed by atoms with Crippen molar-refractivity contribution in [2.75, 3.05) is 13.6 Å². The lowest BCUT2D eigenvalue weighted by molar-refractivity contribution is -0.121. The van der Waals surface area contributed by atoms with Gasteiger partial charge in [0.05, 0.1) is 23.2 Å². The Labute approximate surface area is 182 Å². The number of hydrogen-bond acceptors (Lipinski definition) is 5. The number of aromatic nitrogens is 2. The Morgan fingerprint density at radius 1 is 1.07 bits per heavy atom. The van der Waals surface area contributed by atoms with E-state index in [2.05, 4.69) is 20.6 Å². The highest BCUT2D eigenvalue weighted by Crippen LogP contribution is 2.35. The van der Waals surface area contributed by atoms with E-state index in [0.29, 0.717) is 12.6 Å². The summed E-state index contributed by atoms with van der Waals surface area (Å²) in [5.74, 6) is 0.0612. The van der Waals surface area contributed by atoms with Crippen molar-refractivity contribution in [1.82, 2.24) is 25.7 Å². The van der Waals surface area contributed by atoms with Gasteiger partial charge in [-0.25, -0.2) is 0 Å². The minimum absolute atomic E-state index is 0.0217. The van der Waals surface area contributed by atoms with Crippen LogP contribution in [0.25, 0.3) is 10.2 Å². The zero-order valence-electron chi connectivity index (χ0n) is 18.0. The van der Waals surface area contributed by atoms with Crippen molar-refractivity contribution < 1.29 is 9.59 Å². The van der Waals surface area contributed by atoms with Crippen molar-refractivity contribution in [3.8, 4) is 0 Å². The predicted octanol–water partition coefficient (Wildman–Crippen LogP) is 3.29. The number of rotatable bonds is 6. The standard InChI is InChI=1S/C22H33N5O2S/c1-14-18-12-19(30-22(18)27(26-14)17-6-4-3-5-7-17)21(29)25-16-10-8-15(9-11-16)24-20(28)13-23-2/h12,15-17,23H,3-11,13H2,1-2H3,(H,24,28)(H,25,29)/t15-,16-. The number of fused-ring (bicyclic) bond motifs is 1. The molecule has 3 N–H and O–H groups in total. The fourth-order valence-corrected chi connectivity index (χ4v) is 5.97. The second kappa shape index (κ2) is 9.47. The molecule has 0 bridgehead atoms. The molecule has 2 amide bonds. The summed E-state index contributed by atoms with van der Waals surface area (Å²) in [6, 6.07) is 2.88. The van der Waals surface area contributed by atoms with Crippen molar-refractivity contribution in [3.05, 3.63) is 16.6 Å². The third-order valence-electron chi connectivity index (χ3n) is 6.48. The van der Waals surface area contributed by atoms with Crippen LogP contribution in [0.4, 0.5) is 0 Å². The van der Waals surface area contributed by atoms with Gasteiger partial charge in [-0.3, -0.25) is 14.3 Å². The number of amides is 2. The van der Waals surface area contributed by atoms with Gasteiger partial charge in [0.15, 0.2) is 0 Å². The maximum absolute atomic E-state index is 12.9. The van der Waals surface area contributed by atoms with Crippen LogP contribution in [0.2, 0.25) is 0 Å². The molecule has 0 saturated heterocycles. The second-order valence-corrected chi connectivity index (χ2v) is 9.80. The smallest absolute Gasteiger partial charge is 0.261 e. The molecule has 0 aromatic carbocycles. The Morgan fingerprint density at radius 3 is 2.40 bits per heavy atom. The van der Waals surface area contributed by atoms with E-state index in [-0.39, 0.29) is 23.9 Å². The van der Waals surface area contributed by atoms with Gasteiger partial charge in [0, 0.05) is 17.5 Å². The van der Waals surface area contributed by atoms with Gasteiger partial charge in [-0.15, -0.1) is 11.3 Å². The largest absolute Gasteiger partial charge is 0.352 e. The molecule has 2 heterocycles. The molecule has 0 spiro atoms. The Kier molecular flexibility index (Phi) is 6.73. The maximum Gasteiger partial charge on any atom is 0.261 e. The molecule has 2 fully saturated rings. The summed E-state index contributed by atoms with van der Waals surface area (Å²) >= 11 is 1.57. The fraction of sp³-hybridized carbons (Fsp3) is 0.682. The molecule has 164 valence electrons. The molecule has 2 aliphatic rings. The van der Waals surface area contributed by atoms with Crippen LogP contribution in [0.15, 0.2) is 6.07 Å². The van der Waals surface area contributed by atoms with E-state index in [1.807, 2.05) is 13.0 Å². The van der Waals surface area contributed by atoms with Crippen molar-refractivity contribution in [1.29, 1.82) is 0 Å². The lowest BCUT2D eigenvalue weighted by atomic mass is 9.91. The normalized spacial score (nSPS) is 22.9. The summed E-state index contributed by atoms with van der Waals surface area (Å²) in [7, 11) is 1.77. The van der Waals surface area contributed by atoms with Crippen LogP contribution in [-0.4, -0.2) is 47.3 Å². The molecular weight excluding hydrogens is 398 g/mol. The van der Waals surface area contributed by atoms with Crippen LogP contribution in [0.3, 0.4) is 0 Å². The van der Waals surface area contributed by atoms with Gasteiger partial charge in [-0.05, 0) is 58.6 Å². The Morgan fingerprint density at radius 2 is 1.73 bits per heavy atom. The van der Waals surface area contributed by atoms with E-state index in [9.17, 15) is 9.59 Å².